The Kier molecular flexibility index (Phi) is 4.90. The minimum absolute atomic E-state index is 0.143. The predicted molar refractivity (Wildman–Crippen MR) is 42.2 cm³/mol. The van der Waals surface area contributed by atoms with E-state index in [4.69, 9.17) is 16.7 Å². The molecule has 0 aromatic carbocycles. The van der Waals surface area contributed by atoms with Crippen LogP contribution in [0.4, 0.5) is 0 Å². The summed E-state index contributed by atoms with van der Waals surface area (Å²) in [6, 6.07) is 0. The molecule has 0 bridgehead atoms. The van der Waals surface area contributed by atoms with Gasteiger partial charge in [-0.25, -0.2) is 4.79 Å². The van der Waals surface area contributed by atoms with Crippen LogP contribution in [0, 0.1) is 0 Å². The molecule has 0 saturated carbocycles. The zero-order valence-electron chi connectivity index (χ0n) is 6.34. The number of carbonyl (C=O) groups excluding carboxylic acids is 1. The molecule has 0 spiro atoms. The Labute approximate surface area is 70.6 Å². The van der Waals surface area contributed by atoms with E-state index in [0.29, 0.717) is 6.42 Å². The molecule has 1 unspecified atom stereocenters. The van der Waals surface area contributed by atoms with Gasteiger partial charge in [0, 0.05) is 6.42 Å². The number of carbonyl (C=O) groups is 1. The van der Waals surface area contributed by atoms with Gasteiger partial charge in [0.15, 0.2) is 0 Å². The van der Waals surface area contributed by atoms with Crippen LogP contribution in [-0.2, 0) is 9.53 Å². The van der Waals surface area contributed by atoms with Crippen molar-refractivity contribution in [2.45, 2.75) is 19.4 Å². The largest absolute Gasteiger partial charge is 0.461 e. The minimum atomic E-state index is -0.632. The molecule has 0 saturated heterocycles. The van der Waals surface area contributed by atoms with Crippen molar-refractivity contribution < 1.29 is 14.6 Å². The fourth-order valence-electron chi connectivity index (χ4n) is 0.400. The second-order valence-corrected chi connectivity index (χ2v) is 2.63. The molecule has 0 aliphatic carbocycles. The van der Waals surface area contributed by atoms with Crippen LogP contribution < -0.4 is 0 Å². The topological polar surface area (TPSA) is 46.5 Å². The Hall–Kier alpha value is -0.540. The Balaban J connectivity index is 3.40. The molecule has 64 valence electrons. The van der Waals surface area contributed by atoms with Crippen molar-refractivity contribution in [2.24, 2.45) is 0 Å². The lowest BCUT2D eigenvalue weighted by Crippen LogP contribution is -2.10. The van der Waals surface area contributed by atoms with E-state index in [2.05, 4.69) is 11.3 Å². The molecular formula is C7H11ClO3. The molecule has 0 heterocycles. The summed E-state index contributed by atoms with van der Waals surface area (Å²) in [4.78, 5) is 10.6. The maximum absolute atomic E-state index is 10.6. The highest BCUT2D eigenvalue weighted by molar-refractivity contribution is 6.40. The van der Waals surface area contributed by atoms with Gasteiger partial charge in [0.05, 0.1) is 12.7 Å². The third kappa shape index (κ3) is 5.88. The van der Waals surface area contributed by atoms with Crippen LogP contribution in [0.5, 0.6) is 0 Å². The highest BCUT2D eigenvalue weighted by Gasteiger charge is 2.05. The van der Waals surface area contributed by atoms with Crippen molar-refractivity contribution in [3.05, 3.63) is 11.6 Å². The third-order valence-electron chi connectivity index (χ3n) is 0.990. The average Bonchev–Trinajstić information content (AvgIpc) is 1.86. The van der Waals surface area contributed by atoms with Gasteiger partial charge in [0.25, 0.3) is 0 Å². The normalized spacial score (nSPS) is 12.3. The summed E-state index contributed by atoms with van der Waals surface area (Å²) in [6.07, 6.45) is -0.0537. The van der Waals surface area contributed by atoms with Crippen LogP contribution in [-0.4, -0.2) is 23.8 Å². The van der Waals surface area contributed by atoms with Gasteiger partial charge in [-0.3, -0.25) is 0 Å². The van der Waals surface area contributed by atoms with E-state index in [9.17, 15) is 4.79 Å². The molecule has 0 aromatic rings. The van der Waals surface area contributed by atoms with Crippen molar-refractivity contribution in [3.63, 3.8) is 0 Å². The van der Waals surface area contributed by atoms with Crippen molar-refractivity contribution in [1.29, 1.82) is 0 Å². The molecule has 1 N–H and O–H groups in total. The second-order valence-electron chi connectivity index (χ2n) is 2.18. The fraction of sp³-hybridized carbons (Fsp3) is 0.571. The first kappa shape index (κ1) is 10.5. The number of rotatable bonds is 4. The summed E-state index contributed by atoms with van der Waals surface area (Å²) in [5, 5.41) is 8.61. The van der Waals surface area contributed by atoms with E-state index in [1.54, 1.807) is 6.92 Å². The lowest BCUT2D eigenvalue weighted by molar-refractivity contribution is -0.138. The summed E-state index contributed by atoms with van der Waals surface area (Å²) in [5.74, 6) is -0.632. The van der Waals surface area contributed by atoms with E-state index in [0.717, 1.165) is 0 Å². The number of hydrogen-bond donors (Lipinski definition) is 1. The molecule has 0 amide bonds. The highest BCUT2D eigenvalue weighted by Crippen LogP contribution is 2.00. The molecule has 0 rings (SSSR count). The summed E-state index contributed by atoms with van der Waals surface area (Å²) in [7, 11) is 0. The van der Waals surface area contributed by atoms with Crippen LogP contribution in [0.25, 0.3) is 0 Å². The SMILES string of the molecule is C=C(Cl)C(=O)OCCC(C)O. The number of esters is 1. The monoisotopic (exact) mass is 178 g/mol. The highest BCUT2D eigenvalue weighted by atomic mass is 35.5. The lowest BCUT2D eigenvalue weighted by Gasteiger charge is -2.04. The van der Waals surface area contributed by atoms with E-state index in [1.165, 1.54) is 0 Å². The van der Waals surface area contributed by atoms with Crippen molar-refractivity contribution in [3.8, 4) is 0 Å². The molecule has 1 atom stereocenters. The molecule has 0 aliphatic heterocycles. The van der Waals surface area contributed by atoms with Crippen LogP contribution in [0.3, 0.4) is 0 Å². The Morgan fingerprint density at radius 2 is 2.36 bits per heavy atom. The smallest absolute Gasteiger partial charge is 0.349 e. The van der Waals surface area contributed by atoms with E-state index >= 15 is 0 Å². The number of ether oxygens (including phenoxy) is 1. The Morgan fingerprint density at radius 3 is 2.73 bits per heavy atom. The fourth-order valence-corrected chi connectivity index (χ4v) is 0.455. The summed E-state index contributed by atoms with van der Waals surface area (Å²) in [6.45, 7) is 4.96. The maximum atomic E-state index is 10.6. The van der Waals surface area contributed by atoms with Gasteiger partial charge < -0.3 is 9.84 Å². The van der Waals surface area contributed by atoms with Gasteiger partial charge in [-0.1, -0.05) is 18.2 Å². The van der Waals surface area contributed by atoms with Crippen LogP contribution in [0.2, 0.25) is 0 Å². The van der Waals surface area contributed by atoms with Crippen molar-refractivity contribution in [1.82, 2.24) is 0 Å². The van der Waals surface area contributed by atoms with Gasteiger partial charge in [-0.15, -0.1) is 0 Å². The van der Waals surface area contributed by atoms with E-state index < -0.39 is 12.1 Å². The number of aliphatic hydroxyl groups excluding tert-OH is 1. The molecule has 0 radical (unpaired) electrons. The zero-order chi connectivity index (χ0) is 8.85. The standard InChI is InChI=1S/C7H11ClO3/c1-5(9)3-4-11-7(10)6(2)8/h5,9H,2-4H2,1H3. The van der Waals surface area contributed by atoms with Gasteiger partial charge in [0.2, 0.25) is 0 Å². The number of aliphatic hydroxyl groups is 1. The Bertz CT molecular complexity index is 154. The van der Waals surface area contributed by atoms with Gasteiger partial charge >= 0.3 is 5.97 Å². The summed E-state index contributed by atoms with van der Waals surface area (Å²) in [5.41, 5.74) is 0. The summed E-state index contributed by atoms with van der Waals surface area (Å²) < 4.78 is 4.58. The second kappa shape index (κ2) is 5.16. The molecular weight excluding hydrogens is 168 g/mol. The maximum Gasteiger partial charge on any atom is 0.349 e. The molecule has 4 heteroatoms. The van der Waals surface area contributed by atoms with Crippen molar-refractivity contribution >= 4 is 17.6 Å². The molecule has 11 heavy (non-hydrogen) atoms. The quantitative estimate of drug-likeness (QED) is 0.517. The first-order chi connectivity index (χ1) is 5.04. The van der Waals surface area contributed by atoms with Crippen LogP contribution >= 0.6 is 11.6 Å². The number of halogens is 1. The van der Waals surface area contributed by atoms with Gasteiger partial charge in [-0.2, -0.15) is 0 Å². The van der Waals surface area contributed by atoms with Crippen LogP contribution in [0.1, 0.15) is 13.3 Å². The first-order valence-corrected chi connectivity index (χ1v) is 3.61. The van der Waals surface area contributed by atoms with E-state index in [1.807, 2.05) is 0 Å². The molecule has 0 fully saturated rings. The van der Waals surface area contributed by atoms with E-state index in [-0.39, 0.29) is 11.6 Å². The van der Waals surface area contributed by atoms with Gasteiger partial charge in [0.1, 0.15) is 5.03 Å². The minimum Gasteiger partial charge on any atom is -0.461 e. The van der Waals surface area contributed by atoms with Gasteiger partial charge in [-0.05, 0) is 6.92 Å². The third-order valence-corrected chi connectivity index (χ3v) is 1.14. The first-order valence-electron chi connectivity index (χ1n) is 3.23. The predicted octanol–water partition coefficient (Wildman–Crippen LogP) is 1.05. The van der Waals surface area contributed by atoms with Crippen molar-refractivity contribution in [2.75, 3.05) is 6.61 Å². The molecule has 0 aromatic heterocycles. The lowest BCUT2D eigenvalue weighted by atomic mass is 10.3. The summed E-state index contributed by atoms with van der Waals surface area (Å²) >= 11 is 5.21. The molecule has 0 aliphatic rings. The molecule has 3 nitrogen and oxygen atoms in total. The number of hydrogen-bond acceptors (Lipinski definition) is 3. The Morgan fingerprint density at radius 1 is 1.82 bits per heavy atom. The van der Waals surface area contributed by atoms with Crippen LogP contribution in [0.15, 0.2) is 11.6 Å². The average molecular weight is 179 g/mol. The zero-order valence-corrected chi connectivity index (χ0v) is 7.10.